The van der Waals surface area contributed by atoms with E-state index < -0.39 is 0 Å². The van der Waals surface area contributed by atoms with Gasteiger partial charge in [0.15, 0.2) is 0 Å². The predicted molar refractivity (Wildman–Crippen MR) is 0 cm³/mol. The SMILES string of the molecule is [F-].[F-].[F-].[F-].[Ti+4]. The minimum absolute atomic E-state index is 0. The zero-order valence-corrected chi connectivity index (χ0v) is 3.57. The molecular weight excluding hydrogens is 124 g/mol. The van der Waals surface area contributed by atoms with Crippen molar-refractivity contribution in [3.05, 3.63) is 0 Å². The maximum Gasteiger partial charge on any atom is 4.00 e. The van der Waals surface area contributed by atoms with Gasteiger partial charge in [-0.3, -0.25) is 0 Å². The Kier molecular flexibility index (Phi) is 31400. The van der Waals surface area contributed by atoms with Gasteiger partial charge < -0.3 is 18.8 Å². The molecule has 0 radical (unpaired) electrons. The quantitative estimate of drug-likeness (QED) is 0.222. The van der Waals surface area contributed by atoms with Gasteiger partial charge in [0.25, 0.3) is 0 Å². The van der Waals surface area contributed by atoms with Crippen molar-refractivity contribution >= 4 is 0 Å². The normalized spacial score (nSPS) is 0. The molecule has 0 fully saturated rings. The maximum absolute atomic E-state index is 0. The molecule has 0 aromatic heterocycles. The molecular formula is F4Ti. The van der Waals surface area contributed by atoms with Crippen molar-refractivity contribution in [1.82, 2.24) is 0 Å². The Labute approximate surface area is 41.3 Å². The fourth-order valence-corrected chi connectivity index (χ4v) is 0. The first-order chi connectivity index (χ1) is 0. The van der Waals surface area contributed by atoms with Gasteiger partial charge >= 0.3 is 21.7 Å². The first kappa shape index (κ1) is 567. The summed E-state index contributed by atoms with van der Waals surface area (Å²) in [6.45, 7) is 0. The van der Waals surface area contributed by atoms with Crippen LogP contribution in [0.2, 0.25) is 0 Å². The number of rotatable bonds is 0. The van der Waals surface area contributed by atoms with Gasteiger partial charge in [0.05, 0.1) is 0 Å². The second kappa shape index (κ2) is 277. The van der Waals surface area contributed by atoms with Crippen molar-refractivity contribution in [2.24, 2.45) is 0 Å². The molecule has 0 N–H and O–H groups in total. The topological polar surface area (TPSA) is 0 Å². The van der Waals surface area contributed by atoms with Gasteiger partial charge in [-0.1, -0.05) is 0 Å². The van der Waals surface area contributed by atoms with E-state index in [0.717, 1.165) is 0 Å². The minimum Gasteiger partial charge on any atom is -1.00 e. The van der Waals surface area contributed by atoms with Gasteiger partial charge in [-0.05, 0) is 0 Å². The number of halogens is 4. The van der Waals surface area contributed by atoms with E-state index >= 15 is 0 Å². The summed E-state index contributed by atoms with van der Waals surface area (Å²) in [5.74, 6) is 0. The average molecular weight is 124 g/mol. The van der Waals surface area contributed by atoms with Crippen LogP contribution in [0.3, 0.4) is 0 Å². The fraction of sp³-hybridized carbons (Fsp3) is 0. The Morgan fingerprint density at radius 1 is 0.400 bits per heavy atom. The molecule has 0 saturated carbocycles. The van der Waals surface area contributed by atoms with Crippen molar-refractivity contribution in [2.75, 3.05) is 0 Å². The second-order valence-electron chi connectivity index (χ2n) is 0. The molecule has 32 valence electrons. The molecule has 0 rings (SSSR count). The summed E-state index contributed by atoms with van der Waals surface area (Å²) in [6, 6.07) is 0. The van der Waals surface area contributed by atoms with Crippen LogP contribution in [0, 0.1) is 0 Å². The van der Waals surface area contributed by atoms with Gasteiger partial charge in [-0.25, -0.2) is 0 Å². The van der Waals surface area contributed by atoms with E-state index in [2.05, 4.69) is 0 Å². The van der Waals surface area contributed by atoms with Crippen molar-refractivity contribution in [3.8, 4) is 0 Å². The van der Waals surface area contributed by atoms with Crippen LogP contribution in [0.25, 0.3) is 0 Å². The Balaban J connectivity index is 0. The summed E-state index contributed by atoms with van der Waals surface area (Å²) in [7, 11) is 0. The summed E-state index contributed by atoms with van der Waals surface area (Å²) in [6.07, 6.45) is 0. The average Bonchev–Trinajstić information content (AvgIpc) is 0. The van der Waals surface area contributed by atoms with E-state index in [1.54, 1.807) is 0 Å². The van der Waals surface area contributed by atoms with Crippen LogP contribution in [0.5, 0.6) is 0 Å². The first-order valence-corrected chi connectivity index (χ1v) is 0. The summed E-state index contributed by atoms with van der Waals surface area (Å²) in [4.78, 5) is 0. The fourth-order valence-electron chi connectivity index (χ4n) is 0. The molecule has 0 aliphatic heterocycles. The molecule has 0 atom stereocenters. The third kappa shape index (κ3) is 139. The van der Waals surface area contributed by atoms with E-state index in [0.29, 0.717) is 0 Å². The second-order valence-corrected chi connectivity index (χ2v) is 0. The van der Waals surface area contributed by atoms with E-state index in [-0.39, 0.29) is 40.5 Å². The predicted octanol–water partition coefficient (Wildman–Crippen LogP) is -12.0. The van der Waals surface area contributed by atoms with Crippen molar-refractivity contribution in [2.45, 2.75) is 0 Å². The summed E-state index contributed by atoms with van der Waals surface area (Å²) < 4.78 is 0. The van der Waals surface area contributed by atoms with Crippen LogP contribution < -0.4 is 18.8 Å². The molecule has 5 heavy (non-hydrogen) atoms. The Bertz CT molecular complexity index is 3.61. The van der Waals surface area contributed by atoms with Crippen LogP contribution in [-0.2, 0) is 21.7 Å². The van der Waals surface area contributed by atoms with E-state index in [4.69, 9.17) is 0 Å². The smallest absolute Gasteiger partial charge is 1.00 e. The van der Waals surface area contributed by atoms with Gasteiger partial charge in [-0.15, -0.1) is 0 Å². The summed E-state index contributed by atoms with van der Waals surface area (Å²) >= 11 is 0. The van der Waals surface area contributed by atoms with Crippen LogP contribution in [0.1, 0.15) is 0 Å². The zero-order chi connectivity index (χ0) is 0. The Hall–Kier alpha value is 0.434. The van der Waals surface area contributed by atoms with Crippen LogP contribution in [0.4, 0.5) is 0 Å². The van der Waals surface area contributed by atoms with Gasteiger partial charge in [0, 0.05) is 0 Å². The molecule has 0 aromatic rings. The van der Waals surface area contributed by atoms with Crippen molar-refractivity contribution in [1.29, 1.82) is 0 Å². The molecule has 0 nitrogen and oxygen atoms in total. The van der Waals surface area contributed by atoms with Gasteiger partial charge in [0.2, 0.25) is 0 Å². The molecule has 0 saturated heterocycles. The Morgan fingerprint density at radius 3 is 0.400 bits per heavy atom. The molecule has 0 aliphatic carbocycles. The van der Waals surface area contributed by atoms with Gasteiger partial charge in [-0.2, -0.15) is 0 Å². The number of hydrogen-bond acceptors (Lipinski definition) is 0. The maximum atomic E-state index is 0. The van der Waals surface area contributed by atoms with E-state index in [1.807, 2.05) is 0 Å². The zero-order valence-electron chi connectivity index (χ0n) is 2.01. The molecule has 0 heterocycles. The summed E-state index contributed by atoms with van der Waals surface area (Å²) in [5, 5.41) is 0. The van der Waals surface area contributed by atoms with Gasteiger partial charge in [0.1, 0.15) is 0 Å². The van der Waals surface area contributed by atoms with Crippen LogP contribution >= 0.6 is 0 Å². The molecule has 0 aliphatic rings. The minimum atomic E-state index is 0. The third-order valence-electron chi connectivity index (χ3n) is 0. The van der Waals surface area contributed by atoms with Crippen LogP contribution in [0.15, 0.2) is 0 Å². The van der Waals surface area contributed by atoms with Crippen LogP contribution in [-0.4, -0.2) is 0 Å². The molecule has 0 bridgehead atoms. The molecule has 0 unspecified atom stereocenters. The third-order valence-corrected chi connectivity index (χ3v) is 0. The standard InChI is InChI=1S/4FH.Ti/h4*1H;/q;;;;+4/p-4. The molecule has 0 aromatic carbocycles. The van der Waals surface area contributed by atoms with E-state index in [1.165, 1.54) is 0 Å². The van der Waals surface area contributed by atoms with E-state index in [9.17, 15) is 0 Å². The number of hydrogen-bond donors (Lipinski definition) is 0. The largest absolute Gasteiger partial charge is 4.00 e. The molecule has 0 amide bonds. The Morgan fingerprint density at radius 2 is 0.400 bits per heavy atom. The first-order valence-electron chi connectivity index (χ1n) is 0. The van der Waals surface area contributed by atoms with Crippen molar-refractivity contribution < 1.29 is 40.5 Å². The summed E-state index contributed by atoms with van der Waals surface area (Å²) in [5.41, 5.74) is 0. The molecule has 5 heteroatoms. The van der Waals surface area contributed by atoms with Crippen molar-refractivity contribution in [3.63, 3.8) is 0 Å². The molecule has 0 spiro atoms. The monoisotopic (exact) mass is 124 g/mol.